The minimum absolute atomic E-state index is 0.223. The number of hydrazine groups is 1. The topological polar surface area (TPSA) is 133 Å². The molecule has 1 fully saturated rings. The second-order valence-electron chi connectivity index (χ2n) is 9.57. The van der Waals surface area contributed by atoms with Crippen LogP contribution < -0.4 is 21.7 Å². The zero-order chi connectivity index (χ0) is 26.7. The standard InChI is InChI=1S/C27H30ClN3O3S.H4N2/c1-16(2)35(32,33)23-7-5-4-6-19(23)25-22(28)15-30-27(31-25)21-14-17(3)24(18-8-11-29-12-9-18)20-10-13-34-26(20)21;1-2/h4-7,14-16,18,29H,8-13H2,1-3H3;1-2H2. The van der Waals surface area contributed by atoms with E-state index in [0.29, 0.717) is 34.6 Å². The molecule has 0 radical (unpaired) electrons. The number of nitrogens with zero attached hydrogens (tertiary/aromatic N) is 2. The molecule has 1 aromatic heterocycles. The summed E-state index contributed by atoms with van der Waals surface area (Å²) in [6, 6.07) is 9.00. The minimum Gasteiger partial charge on any atom is -0.492 e. The lowest BCUT2D eigenvalue weighted by Crippen LogP contribution is -2.27. The Balaban J connectivity index is 0.00000156. The molecule has 0 atom stereocenters. The molecule has 3 aromatic rings. The Morgan fingerprint density at radius 3 is 2.54 bits per heavy atom. The summed E-state index contributed by atoms with van der Waals surface area (Å²) in [5.41, 5.74) is 5.60. The Bertz CT molecular complexity index is 1390. The van der Waals surface area contributed by atoms with Gasteiger partial charge < -0.3 is 10.1 Å². The van der Waals surface area contributed by atoms with Crippen molar-refractivity contribution in [2.45, 2.75) is 56.1 Å². The Morgan fingerprint density at radius 1 is 1.14 bits per heavy atom. The van der Waals surface area contributed by atoms with Crippen LogP contribution in [-0.4, -0.2) is 43.3 Å². The van der Waals surface area contributed by atoms with Gasteiger partial charge in [-0.25, -0.2) is 18.4 Å². The van der Waals surface area contributed by atoms with E-state index in [2.05, 4.69) is 35.0 Å². The molecule has 2 aliphatic heterocycles. The number of hydrogen-bond acceptors (Lipinski definition) is 8. The number of halogens is 1. The number of fused-ring (bicyclic) bond motifs is 1. The van der Waals surface area contributed by atoms with Gasteiger partial charge in [-0.15, -0.1) is 0 Å². The minimum atomic E-state index is -3.53. The van der Waals surface area contributed by atoms with Crippen molar-refractivity contribution < 1.29 is 13.2 Å². The zero-order valence-corrected chi connectivity index (χ0v) is 23.0. The molecule has 8 nitrogen and oxygen atoms in total. The zero-order valence-electron chi connectivity index (χ0n) is 21.4. The van der Waals surface area contributed by atoms with E-state index in [9.17, 15) is 8.42 Å². The van der Waals surface area contributed by atoms with E-state index in [1.807, 2.05) is 0 Å². The third kappa shape index (κ3) is 5.24. The van der Waals surface area contributed by atoms with E-state index in [-0.39, 0.29) is 4.90 Å². The lowest BCUT2D eigenvalue weighted by atomic mass is 9.82. The Morgan fingerprint density at radius 2 is 1.84 bits per heavy atom. The Labute approximate surface area is 223 Å². The molecule has 2 aliphatic rings. The molecule has 5 N–H and O–H groups in total. The number of hydrogen-bond donors (Lipinski definition) is 3. The fourth-order valence-electron chi connectivity index (χ4n) is 5.25. The van der Waals surface area contributed by atoms with Gasteiger partial charge in [-0.1, -0.05) is 29.8 Å². The monoisotopic (exact) mass is 543 g/mol. The lowest BCUT2D eigenvalue weighted by Gasteiger charge is -2.27. The van der Waals surface area contributed by atoms with Crippen LogP contribution in [0.25, 0.3) is 22.6 Å². The van der Waals surface area contributed by atoms with Gasteiger partial charge >= 0.3 is 0 Å². The van der Waals surface area contributed by atoms with Crippen molar-refractivity contribution in [3.63, 3.8) is 0 Å². The summed E-state index contributed by atoms with van der Waals surface area (Å²) in [7, 11) is -3.53. The molecule has 3 heterocycles. The van der Waals surface area contributed by atoms with Gasteiger partial charge in [0.25, 0.3) is 0 Å². The van der Waals surface area contributed by atoms with Crippen LogP contribution in [0.1, 0.15) is 49.3 Å². The van der Waals surface area contributed by atoms with Crippen molar-refractivity contribution in [3.8, 4) is 28.4 Å². The number of ether oxygens (including phenoxy) is 1. The fourth-order valence-corrected chi connectivity index (χ4v) is 6.69. The molecule has 0 aliphatic carbocycles. The summed E-state index contributed by atoms with van der Waals surface area (Å²) in [6.07, 6.45) is 4.67. The van der Waals surface area contributed by atoms with Crippen LogP contribution in [0.15, 0.2) is 41.4 Å². The average Bonchev–Trinajstić information content (AvgIpc) is 3.40. The van der Waals surface area contributed by atoms with Gasteiger partial charge in [-0.3, -0.25) is 11.7 Å². The summed E-state index contributed by atoms with van der Waals surface area (Å²) < 4.78 is 32.3. The van der Waals surface area contributed by atoms with E-state index >= 15 is 0 Å². The van der Waals surface area contributed by atoms with E-state index in [1.54, 1.807) is 44.3 Å². The number of benzene rings is 2. The summed E-state index contributed by atoms with van der Waals surface area (Å²) in [5, 5.41) is 3.19. The summed E-state index contributed by atoms with van der Waals surface area (Å²) in [4.78, 5) is 9.57. The van der Waals surface area contributed by atoms with Gasteiger partial charge in [0, 0.05) is 17.5 Å². The molecule has 0 saturated carbocycles. The quantitative estimate of drug-likeness (QED) is 0.322. The number of rotatable bonds is 5. The van der Waals surface area contributed by atoms with Gasteiger partial charge in [0.05, 0.1) is 39.2 Å². The first-order valence-electron chi connectivity index (χ1n) is 12.5. The Kier molecular flexibility index (Phi) is 8.50. The summed E-state index contributed by atoms with van der Waals surface area (Å²) in [6.45, 7) is 8.20. The first kappa shape index (κ1) is 27.5. The SMILES string of the molecule is Cc1cc(-c2ncc(Cl)c(-c3ccccc3S(=O)(=O)C(C)C)n2)c2c(c1C1CCNCC1)CCO2.NN. The molecule has 0 spiro atoms. The van der Waals surface area contributed by atoms with Crippen LogP contribution in [0.3, 0.4) is 0 Å². The maximum Gasteiger partial charge on any atom is 0.181 e. The van der Waals surface area contributed by atoms with Gasteiger partial charge in [0.1, 0.15) is 5.75 Å². The number of nitrogens with one attached hydrogen (secondary N) is 1. The third-order valence-corrected chi connectivity index (χ3v) is 9.52. The van der Waals surface area contributed by atoms with Crippen molar-refractivity contribution in [3.05, 3.63) is 58.2 Å². The molecule has 0 unspecified atom stereocenters. The summed E-state index contributed by atoms with van der Waals surface area (Å²) >= 11 is 6.54. The Hall–Kier alpha value is -2.56. The van der Waals surface area contributed by atoms with Gasteiger partial charge in [0.15, 0.2) is 15.7 Å². The number of aromatic nitrogens is 2. The number of sulfone groups is 1. The van der Waals surface area contributed by atoms with Crippen molar-refractivity contribution in [2.24, 2.45) is 11.7 Å². The van der Waals surface area contributed by atoms with Crippen LogP contribution >= 0.6 is 11.6 Å². The van der Waals surface area contributed by atoms with E-state index < -0.39 is 15.1 Å². The van der Waals surface area contributed by atoms with Crippen molar-refractivity contribution in [2.75, 3.05) is 19.7 Å². The van der Waals surface area contributed by atoms with Gasteiger partial charge in [-0.2, -0.15) is 0 Å². The predicted octanol–water partition coefficient (Wildman–Crippen LogP) is 4.18. The number of piperidine rings is 1. The molecular formula is C27H34ClN5O3S. The molecule has 0 amide bonds. The van der Waals surface area contributed by atoms with Crippen LogP contribution in [0.5, 0.6) is 5.75 Å². The highest BCUT2D eigenvalue weighted by molar-refractivity contribution is 7.92. The molecule has 2 aromatic carbocycles. The molecule has 37 heavy (non-hydrogen) atoms. The highest BCUT2D eigenvalue weighted by Crippen LogP contribution is 2.44. The molecule has 0 bridgehead atoms. The van der Waals surface area contributed by atoms with Gasteiger partial charge in [0.2, 0.25) is 0 Å². The first-order valence-corrected chi connectivity index (χ1v) is 14.4. The number of nitrogens with two attached hydrogens (primary N) is 2. The van der Waals surface area contributed by atoms with Crippen molar-refractivity contribution in [1.82, 2.24) is 15.3 Å². The second-order valence-corrected chi connectivity index (χ2v) is 12.4. The van der Waals surface area contributed by atoms with Crippen molar-refractivity contribution in [1.29, 1.82) is 0 Å². The average molecular weight is 544 g/mol. The van der Waals surface area contributed by atoms with Crippen LogP contribution in [0.2, 0.25) is 5.02 Å². The molecule has 198 valence electrons. The third-order valence-electron chi connectivity index (χ3n) is 7.03. The fraction of sp³-hybridized carbons (Fsp3) is 0.407. The molecular weight excluding hydrogens is 510 g/mol. The number of aryl methyl sites for hydroxylation is 1. The maximum atomic E-state index is 13.1. The van der Waals surface area contributed by atoms with Crippen LogP contribution in [0.4, 0.5) is 0 Å². The van der Waals surface area contributed by atoms with E-state index in [0.717, 1.165) is 43.7 Å². The van der Waals surface area contributed by atoms with E-state index in [4.69, 9.17) is 21.3 Å². The smallest absolute Gasteiger partial charge is 0.181 e. The second kappa shape index (κ2) is 11.4. The maximum absolute atomic E-state index is 13.1. The predicted molar refractivity (Wildman–Crippen MR) is 147 cm³/mol. The van der Waals surface area contributed by atoms with Gasteiger partial charge in [-0.05, 0) is 75.9 Å². The normalized spacial score (nSPS) is 15.6. The van der Waals surface area contributed by atoms with E-state index in [1.165, 1.54) is 16.7 Å². The van der Waals surface area contributed by atoms with Crippen LogP contribution in [-0.2, 0) is 16.3 Å². The lowest BCUT2D eigenvalue weighted by molar-refractivity contribution is 0.358. The van der Waals surface area contributed by atoms with Crippen LogP contribution in [0, 0.1) is 6.92 Å². The molecule has 5 rings (SSSR count). The molecule has 10 heteroatoms. The highest BCUT2D eigenvalue weighted by atomic mass is 35.5. The highest BCUT2D eigenvalue weighted by Gasteiger charge is 2.30. The largest absolute Gasteiger partial charge is 0.492 e. The first-order chi connectivity index (χ1) is 17.8. The molecule has 1 saturated heterocycles. The van der Waals surface area contributed by atoms with Crippen molar-refractivity contribution >= 4 is 21.4 Å². The summed E-state index contributed by atoms with van der Waals surface area (Å²) in [5.74, 6) is 9.86.